The van der Waals surface area contributed by atoms with E-state index in [0.29, 0.717) is 18.4 Å². The van der Waals surface area contributed by atoms with Crippen LogP contribution >= 0.6 is 0 Å². The first-order chi connectivity index (χ1) is 12.5. The van der Waals surface area contributed by atoms with Gasteiger partial charge in [0.15, 0.2) is 0 Å². The Bertz CT molecular complexity index is 837. The molecule has 0 aliphatic carbocycles. The van der Waals surface area contributed by atoms with Crippen molar-refractivity contribution in [2.24, 2.45) is 11.8 Å². The molecule has 1 saturated heterocycles. The van der Waals surface area contributed by atoms with Gasteiger partial charge in [-0.15, -0.1) is 0 Å². The van der Waals surface area contributed by atoms with E-state index < -0.39 is 0 Å². The topological polar surface area (TPSA) is 47.2 Å². The highest BCUT2D eigenvalue weighted by Crippen LogP contribution is 2.36. The molecule has 138 valence electrons. The third-order valence-electron chi connectivity index (χ3n) is 5.76. The Morgan fingerprint density at radius 2 is 1.88 bits per heavy atom. The maximum atomic E-state index is 13.4. The molecule has 0 radical (unpaired) electrons. The number of amides is 1. The summed E-state index contributed by atoms with van der Waals surface area (Å²) in [6.45, 7) is 6.53. The quantitative estimate of drug-likeness (QED) is 0.848. The van der Waals surface area contributed by atoms with Crippen molar-refractivity contribution in [2.45, 2.75) is 45.2 Å². The van der Waals surface area contributed by atoms with E-state index in [9.17, 15) is 9.59 Å². The Hall–Kier alpha value is -2.30. The largest absolute Gasteiger partial charge is 0.342 e. The van der Waals surface area contributed by atoms with Gasteiger partial charge in [-0.2, -0.15) is 0 Å². The Balaban J connectivity index is 1.59. The minimum atomic E-state index is -0.137. The van der Waals surface area contributed by atoms with Crippen LogP contribution in [0.25, 0.3) is 0 Å². The van der Waals surface area contributed by atoms with Crippen molar-refractivity contribution >= 4 is 5.91 Å². The number of hydrogen-bond donors (Lipinski definition) is 0. The first-order valence-electron chi connectivity index (χ1n) is 9.64. The summed E-state index contributed by atoms with van der Waals surface area (Å²) in [5, 5.41) is 0. The van der Waals surface area contributed by atoms with E-state index in [1.54, 1.807) is 6.07 Å². The molecular formula is C21H27N3O2. The van der Waals surface area contributed by atoms with Gasteiger partial charge in [-0.3, -0.25) is 9.59 Å². The fourth-order valence-electron chi connectivity index (χ4n) is 4.64. The van der Waals surface area contributed by atoms with Gasteiger partial charge in [-0.05, 0) is 42.9 Å². The summed E-state index contributed by atoms with van der Waals surface area (Å²) in [4.78, 5) is 27.6. The fourth-order valence-corrected chi connectivity index (χ4v) is 4.64. The van der Waals surface area contributed by atoms with Crippen LogP contribution in [0.4, 0.5) is 0 Å². The van der Waals surface area contributed by atoms with E-state index in [-0.39, 0.29) is 23.4 Å². The summed E-state index contributed by atoms with van der Waals surface area (Å²) < 4.78 is 3.96. The van der Waals surface area contributed by atoms with Crippen LogP contribution in [0.15, 0.2) is 47.5 Å². The van der Waals surface area contributed by atoms with Crippen molar-refractivity contribution in [3.05, 3.63) is 58.8 Å². The normalized spacial score (nSPS) is 23.0. The molecule has 2 aliphatic rings. The summed E-state index contributed by atoms with van der Waals surface area (Å²) in [5.41, 5.74) is 1.18. The van der Waals surface area contributed by atoms with E-state index in [1.165, 1.54) is 0 Å². The van der Waals surface area contributed by atoms with Crippen LogP contribution in [0.2, 0.25) is 0 Å². The summed E-state index contributed by atoms with van der Waals surface area (Å²) in [6.07, 6.45) is 5.90. The van der Waals surface area contributed by atoms with Crippen LogP contribution in [0.1, 0.15) is 44.3 Å². The van der Waals surface area contributed by atoms with Gasteiger partial charge in [-0.1, -0.05) is 19.9 Å². The van der Waals surface area contributed by atoms with Crippen LogP contribution in [0, 0.1) is 11.8 Å². The molecule has 2 bridgehead atoms. The molecule has 2 aromatic heterocycles. The second-order valence-electron chi connectivity index (χ2n) is 8.22. The predicted octanol–water partition coefficient (Wildman–Crippen LogP) is 2.88. The first-order valence-corrected chi connectivity index (χ1v) is 9.64. The Morgan fingerprint density at radius 1 is 1.12 bits per heavy atom. The molecule has 0 aromatic carbocycles. The number of likely N-dealkylation sites (tertiary alicyclic amines) is 1. The van der Waals surface area contributed by atoms with Gasteiger partial charge in [0.2, 0.25) is 5.91 Å². The fraction of sp³-hybridized carbons (Fsp3) is 0.524. The summed E-state index contributed by atoms with van der Waals surface area (Å²) in [6, 6.07) is 9.35. The smallest absolute Gasteiger partial charge is 0.250 e. The third kappa shape index (κ3) is 3.11. The van der Waals surface area contributed by atoms with Crippen molar-refractivity contribution in [1.82, 2.24) is 14.0 Å². The molecule has 4 heterocycles. The maximum absolute atomic E-state index is 13.4. The zero-order valence-corrected chi connectivity index (χ0v) is 15.5. The molecule has 26 heavy (non-hydrogen) atoms. The number of nitrogens with zero attached hydrogens (tertiary/aromatic N) is 3. The van der Waals surface area contributed by atoms with E-state index in [1.807, 2.05) is 50.7 Å². The number of carbonyl (C=O) groups excluding carboxylic acids is 1. The lowest BCUT2D eigenvalue weighted by atomic mass is 9.82. The van der Waals surface area contributed by atoms with Gasteiger partial charge in [0.05, 0.1) is 0 Å². The molecule has 0 saturated carbocycles. The number of hydrogen-bond acceptors (Lipinski definition) is 2. The van der Waals surface area contributed by atoms with Gasteiger partial charge < -0.3 is 14.0 Å². The van der Waals surface area contributed by atoms with Crippen molar-refractivity contribution in [3.63, 3.8) is 0 Å². The second kappa shape index (κ2) is 6.78. The van der Waals surface area contributed by atoms with Crippen molar-refractivity contribution in [3.8, 4) is 0 Å². The average molecular weight is 353 g/mol. The molecule has 0 N–H and O–H groups in total. The minimum Gasteiger partial charge on any atom is -0.342 e. The zero-order chi connectivity index (χ0) is 18.3. The Labute approximate surface area is 154 Å². The summed E-state index contributed by atoms with van der Waals surface area (Å²) in [5.74, 6) is 1.31. The lowest BCUT2D eigenvalue weighted by Gasteiger charge is -2.43. The highest BCUT2D eigenvalue weighted by atomic mass is 16.2. The molecular weight excluding hydrogens is 326 g/mol. The van der Waals surface area contributed by atoms with Crippen molar-refractivity contribution in [2.75, 3.05) is 13.1 Å². The maximum Gasteiger partial charge on any atom is 0.250 e. The molecule has 0 unspecified atom stereocenters. The number of carbonyl (C=O) groups is 1. The minimum absolute atomic E-state index is 0.0852. The monoisotopic (exact) mass is 353 g/mol. The standard InChI is InChI=1S/C21H27N3O2/c1-15(2)10-19(22-8-3-4-9-22)21(26)23-12-16-11-17(14-23)18-6-5-7-20(25)24(18)13-16/h3-9,15-17,19H,10-14H2,1-2H3/t16-,17-,19-/m0/s1. The highest BCUT2D eigenvalue weighted by molar-refractivity contribution is 5.80. The summed E-state index contributed by atoms with van der Waals surface area (Å²) >= 11 is 0. The second-order valence-corrected chi connectivity index (χ2v) is 8.22. The molecule has 1 amide bonds. The average Bonchev–Trinajstić information content (AvgIpc) is 3.14. The number of fused-ring (bicyclic) bond motifs is 4. The Morgan fingerprint density at radius 3 is 2.62 bits per heavy atom. The lowest BCUT2D eigenvalue weighted by Crippen LogP contribution is -2.50. The van der Waals surface area contributed by atoms with Crippen LogP contribution in [0.5, 0.6) is 0 Å². The molecule has 2 aromatic rings. The van der Waals surface area contributed by atoms with Crippen LogP contribution < -0.4 is 5.56 Å². The van der Waals surface area contributed by atoms with E-state index in [0.717, 1.165) is 31.6 Å². The highest BCUT2D eigenvalue weighted by Gasteiger charge is 2.38. The lowest BCUT2D eigenvalue weighted by molar-refractivity contribution is -0.138. The number of rotatable bonds is 4. The van der Waals surface area contributed by atoms with Crippen molar-refractivity contribution in [1.29, 1.82) is 0 Å². The van der Waals surface area contributed by atoms with Gasteiger partial charge in [0.1, 0.15) is 6.04 Å². The molecule has 1 fully saturated rings. The van der Waals surface area contributed by atoms with Gasteiger partial charge in [0, 0.05) is 49.7 Å². The molecule has 5 heteroatoms. The van der Waals surface area contributed by atoms with E-state index in [2.05, 4.69) is 13.8 Å². The van der Waals surface area contributed by atoms with E-state index >= 15 is 0 Å². The third-order valence-corrected chi connectivity index (χ3v) is 5.76. The van der Waals surface area contributed by atoms with Crippen LogP contribution in [0.3, 0.4) is 0 Å². The Kier molecular flexibility index (Phi) is 4.47. The molecule has 4 rings (SSSR count). The predicted molar refractivity (Wildman–Crippen MR) is 101 cm³/mol. The molecule has 3 atom stereocenters. The van der Waals surface area contributed by atoms with Gasteiger partial charge >= 0.3 is 0 Å². The van der Waals surface area contributed by atoms with Gasteiger partial charge in [-0.25, -0.2) is 0 Å². The zero-order valence-electron chi connectivity index (χ0n) is 15.5. The van der Waals surface area contributed by atoms with Crippen LogP contribution in [-0.2, 0) is 11.3 Å². The molecule has 0 spiro atoms. The number of piperidine rings is 1. The van der Waals surface area contributed by atoms with E-state index in [4.69, 9.17) is 0 Å². The molecule has 5 nitrogen and oxygen atoms in total. The first kappa shape index (κ1) is 17.1. The number of aromatic nitrogens is 2. The van der Waals surface area contributed by atoms with Crippen LogP contribution in [-0.4, -0.2) is 33.0 Å². The molecule has 2 aliphatic heterocycles. The summed E-state index contributed by atoms with van der Waals surface area (Å²) in [7, 11) is 0. The number of pyridine rings is 1. The SMILES string of the molecule is CC(C)C[C@@H](C(=O)N1C[C@@H]2C[C@@H](C1)c1cccc(=O)n1C2)n1cccc1. The van der Waals surface area contributed by atoms with Gasteiger partial charge in [0.25, 0.3) is 5.56 Å². The van der Waals surface area contributed by atoms with Crippen molar-refractivity contribution < 1.29 is 4.79 Å².